The molecule has 0 radical (unpaired) electrons. The van der Waals surface area contributed by atoms with Crippen molar-refractivity contribution in [3.8, 4) is 5.75 Å². The number of hydrogen-bond acceptors (Lipinski definition) is 4. The smallest absolute Gasteiger partial charge is 0.234 e. The molecule has 0 spiro atoms. The SMILES string of the molecule is COc1ccc(NC(=O)CSc2nc(CC(C)C)c(C)[nH]2)cc1. The summed E-state index contributed by atoms with van der Waals surface area (Å²) >= 11 is 1.41. The van der Waals surface area contributed by atoms with Gasteiger partial charge in [0, 0.05) is 11.4 Å². The van der Waals surface area contributed by atoms with Gasteiger partial charge in [0.2, 0.25) is 5.91 Å². The van der Waals surface area contributed by atoms with Gasteiger partial charge in [0.05, 0.1) is 18.6 Å². The number of rotatable bonds is 7. The molecular formula is C17H23N3O2S. The molecule has 2 rings (SSSR count). The van der Waals surface area contributed by atoms with Gasteiger partial charge < -0.3 is 15.0 Å². The van der Waals surface area contributed by atoms with E-state index in [9.17, 15) is 4.79 Å². The average molecular weight is 333 g/mol. The minimum atomic E-state index is -0.0559. The molecule has 0 saturated carbocycles. The van der Waals surface area contributed by atoms with E-state index in [2.05, 4.69) is 29.1 Å². The molecule has 0 atom stereocenters. The first kappa shape index (κ1) is 17.4. The quantitative estimate of drug-likeness (QED) is 0.759. The van der Waals surface area contributed by atoms with Crippen molar-refractivity contribution in [2.45, 2.75) is 32.3 Å². The highest BCUT2D eigenvalue weighted by Crippen LogP contribution is 2.20. The van der Waals surface area contributed by atoms with Crippen LogP contribution in [0.15, 0.2) is 29.4 Å². The number of aryl methyl sites for hydroxylation is 1. The molecule has 0 aliphatic rings. The van der Waals surface area contributed by atoms with E-state index in [1.165, 1.54) is 11.8 Å². The maximum absolute atomic E-state index is 12.0. The van der Waals surface area contributed by atoms with Crippen molar-refractivity contribution in [3.63, 3.8) is 0 Å². The summed E-state index contributed by atoms with van der Waals surface area (Å²) in [6.07, 6.45) is 0.945. The Morgan fingerprint density at radius 3 is 2.65 bits per heavy atom. The van der Waals surface area contributed by atoms with Crippen LogP contribution in [-0.4, -0.2) is 28.7 Å². The topological polar surface area (TPSA) is 67.0 Å². The highest BCUT2D eigenvalue weighted by Gasteiger charge is 2.11. The van der Waals surface area contributed by atoms with Gasteiger partial charge in [-0.15, -0.1) is 0 Å². The lowest BCUT2D eigenvalue weighted by Gasteiger charge is -2.05. The molecule has 2 N–H and O–H groups in total. The molecule has 0 unspecified atom stereocenters. The Morgan fingerprint density at radius 2 is 2.04 bits per heavy atom. The number of aromatic nitrogens is 2. The number of hydrogen-bond donors (Lipinski definition) is 2. The highest BCUT2D eigenvalue weighted by atomic mass is 32.2. The first-order chi connectivity index (χ1) is 11.0. The molecule has 0 aliphatic carbocycles. The number of carbonyl (C=O) groups excluding carboxylic acids is 1. The standard InChI is InChI=1S/C17H23N3O2S/c1-11(2)9-15-12(3)18-17(20-15)23-10-16(21)19-13-5-7-14(22-4)8-6-13/h5-8,11H,9-10H2,1-4H3,(H,18,20)(H,19,21). The second-order valence-electron chi connectivity index (χ2n) is 5.78. The van der Waals surface area contributed by atoms with E-state index in [0.29, 0.717) is 11.7 Å². The summed E-state index contributed by atoms with van der Waals surface area (Å²) in [6.45, 7) is 6.36. The molecule has 0 saturated heterocycles. The number of methoxy groups -OCH3 is 1. The summed E-state index contributed by atoms with van der Waals surface area (Å²) in [5.41, 5.74) is 2.92. The van der Waals surface area contributed by atoms with Crippen LogP contribution in [0.4, 0.5) is 5.69 Å². The molecule has 124 valence electrons. The molecule has 0 fully saturated rings. The van der Waals surface area contributed by atoms with E-state index in [4.69, 9.17) is 4.74 Å². The van der Waals surface area contributed by atoms with Crippen molar-refractivity contribution >= 4 is 23.4 Å². The number of anilines is 1. The molecule has 1 heterocycles. The van der Waals surface area contributed by atoms with Crippen LogP contribution in [0.2, 0.25) is 0 Å². The van der Waals surface area contributed by atoms with E-state index < -0.39 is 0 Å². The summed E-state index contributed by atoms with van der Waals surface area (Å²) in [4.78, 5) is 19.8. The van der Waals surface area contributed by atoms with Gasteiger partial charge in [0.25, 0.3) is 0 Å². The zero-order valence-corrected chi connectivity index (χ0v) is 14.8. The highest BCUT2D eigenvalue weighted by molar-refractivity contribution is 7.99. The molecule has 1 aromatic carbocycles. The number of carbonyl (C=O) groups is 1. The Labute approximate surface area is 141 Å². The Morgan fingerprint density at radius 1 is 1.35 bits per heavy atom. The third-order valence-corrected chi connectivity index (χ3v) is 4.15. The van der Waals surface area contributed by atoms with Crippen LogP contribution in [0.3, 0.4) is 0 Å². The van der Waals surface area contributed by atoms with Crippen LogP contribution in [0.5, 0.6) is 5.75 Å². The number of thioether (sulfide) groups is 1. The van der Waals surface area contributed by atoms with Gasteiger partial charge >= 0.3 is 0 Å². The predicted octanol–water partition coefficient (Wildman–Crippen LogP) is 3.66. The predicted molar refractivity (Wildman–Crippen MR) is 94.2 cm³/mol. The molecule has 0 bridgehead atoms. The molecule has 23 heavy (non-hydrogen) atoms. The van der Waals surface area contributed by atoms with E-state index >= 15 is 0 Å². The lowest BCUT2D eigenvalue weighted by Crippen LogP contribution is -2.14. The molecule has 1 amide bonds. The zero-order valence-electron chi connectivity index (χ0n) is 14.0. The van der Waals surface area contributed by atoms with E-state index in [1.807, 2.05) is 31.2 Å². The summed E-state index contributed by atoms with van der Waals surface area (Å²) in [7, 11) is 1.61. The summed E-state index contributed by atoms with van der Waals surface area (Å²) in [5, 5.41) is 3.65. The fraction of sp³-hybridized carbons (Fsp3) is 0.412. The van der Waals surface area contributed by atoms with Gasteiger partial charge in [-0.1, -0.05) is 25.6 Å². The third-order valence-electron chi connectivity index (χ3n) is 3.28. The number of benzene rings is 1. The van der Waals surface area contributed by atoms with Crippen LogP contribution in [-0.2, 0) is 11.2 Å². The number of amides is 1. The van der Waals surface area contributed by atoms with Crippen LogP contribution < -0.4 is 10.1 Å². The van der Waals surface area contributed by atoms with Crippen molar-refractivity contribution in [1.82, 2.24) is 9.97 Å². The molecule has 2 aromatic rings. The van der Waals surface area contributed by atoms with Crippen LogP contribution in [0, 0.1) is 12.8 Å². The Bertz CT molecular complexity index is 650. The van der Waals surface area contributed by atoms with Crippen LogP contribution in [0.1, 0.15) is 25.2 Å². The van der Waals surface area contributed by atoms with Crippen LogP contribution in [0.25, 0.3) is 0 Å². The second-order valence-corrected chi connectivity index (χ2v) is 6.74. The largest absolute Gasteiger partial charge is 0.497 e. The van der Waals surface area contributed by atoms with Gasteiger partial charge in [-0.3, -0.25) is 4.79 Å². The average Bonchev–Trinajstić information content (AvgIpc) is 2.85. The van der Waals surface area contributed by atoms with Crippen LogP contribution >= 0.6 is 11.8 Å². The number of nitrogens with one attached hydrogen (secondary N) is 2. The van der Waals surface area contributed by atoms with Gasteiger partial charge in [-0.05, 0) is 43.5 Å². The molecule has 1 aromatic heterocycles. The zero-order chi connectivity index (χ0) is 16.8. The van der Waals surface area contributed by atoms with Gasteiger partial charge in [-0.25, -0.2) is 4.98 Å². The van der Waals surface area contributed by atoms with Crippen molar-refractivity contribution < 1.29 is 9.53 Å². The first-order valence-corrected chi connectivity index (χ1v) is 8.58. The fourth-order valence-corrected chi connectivity index (χ4v) is 2.87. The van der Waals surface area contributed by atoms with Crippen molar-refractivity contribution in [1.29, 1.82) is 0 Å². The molecule has 0 aliphatic heterocycles. The van der Waals surface area contributed by atoms with Crippen molar-refractivity contribution in [2.24, 2.45) is 5.92 Å². The number of ether oxygens (including phenoxy) is 1. The molecule has 6 heteroatoms. The van der Waals surface area contributed by atoms with Crippen molar-refractivity contribution in [2.75, 3.05) is 18.2 Å². The minimum absolute atomic E-state index is 0.0559. The lowest BCUT2D eigenvalue weighted by molar-refractivity contribution is -0.113. The normalized spacial score (nSPS) is 10.8. The Hall–Kier alpha value is -1.95. The van der Waals surface area contributed by atoms with E-state index in [0.717, 1.165) is 34.4 Å². The van der Waals surface area contributed by atoms with Crippen molar-refractivity contribution in [3.05, 3.63) is 35.7 Å². The Balaban J connectivity index is 1.86. The molecule has 5 nitrogen and oxygen atoms in total. The molecular weight excluding hydrogens is 310 g/mol. The van der Waals surface area contributed by atoms with Gasteiger partial charge in [-0.2, -0.15) is 0 Å². The number of aromatic amines is 1. The summed E-state index contributed by atoms with van der Waals surface area (Å²) in [5.74, 6) is 1.59. The van der Waals surface area contributed by atoms with E-state index in [1.54, 1.807) is 7.11 Å². The maximum Gasteiger partial charge on any atom is 0.234 e. The number of H-pyrrole nitrogens is 1. The Kier molecular flexibility index (Phi) is 6.10. The number of imidazole rings is 1. The number of nitrogens with zero attached hydrogens (tertiary/aromatic N) is 1. The third kappa shape index (κ3) is 5.32. The van der Waals surface area contributed by atoms with Gasteiger partial charge in [0.1, 0.15) is 5.75 Å². The fourth-order valence-electron chi connectivity index (χ4n) is 2.13. The minimum Gasteiger partial charge on any atom is -0.497 e. The van der Waals surface area contributed by atoms with E-state index in [-0.39, 0.29) is 5.91 Å². The maximum atomic E-state index is 12.0. The summed E-state index contributed by atoms with van der Waals surface area (Å²) < 4.78 is 5.09. The summed E-state index contributed by atoms with van der Waals surface area (Å²) in [6, 6.07) is 7.27. The second kappa shape index (κ2) is 8.06. The monoisotopic (exact) mass is 333 g/mol. The lowest BCUT2D eigenvalue weighted by atomic mass is 10.1. The first-order valence-electron chi connectivity index (χ1n) is 7.60. The van der Waals surface area contributed by atoms with Gasteiger partial charge in [0.15, 0.2) is 5.16 Å².